The summed E-state index contributed by atoms with van der Waals surface area (Å²) in [7, 11) is 0. The maximum absolute atomic E-state index is 12.6. The van der Waals surface area contributed by atoms with Gasteiger partial charge < -0.3 is 15.4 Å². The van der Waals surface area contributed by atoms with E-state index in [0.29, 0.717) is 17.0 Å². The van der Waals surface area contributed by atoms with Gasteiger partial charge in [-0.2, -0.15) is 5.26 Å². The van der Waals surface area contributed by atoms with E-state index in [1.165, 1.54) is 6.08 Å². The Bertz CT molecular complexity index is 1360. The van der Waals surface area contributed by atoms with Gasteiger partial charge in [-0.1, -0.05) is 47.5 Å². The lowest BCUT2D eigenvalue weighted by Crippen LogP contribution is -2.20. The minimum Gasteiger partial charge on any atom is -0.482 e. The summed E-state index contributed by atoms with van der Waals surface area (Å²) in [6.45, 7) is 7.55. The minimum atomic E-state index is -0.515. The highest BCUT2D eigenvalue weighted by Crippen LogP contribution is 2.27. The first-order chi connectivity index (χ1) is 16.7. The Labute approximate surface area is 210 Å². The number of hydrogen-bond acceptors (Lipinski definition) is 4. The standard InChI is InChI=1S/C28H26ClN3O3/c1-17-8-10-24(19(3)12-17)32-28(34)22(15-30)13-21-9-11-26(23(29)14-21)35-16-27(33)31-25-7-5-6-18(2)20(25)4/h5-14H,16H2,1-4H3,(H,31,33)(H,32,34)/b22-13+. The molecule has 0 aliphatic rings. The van der Waals surface area contributed by atoms with E-state index in [2.05, 4.69) is 10.6 Å². The van der Waals surface area contributed by atoms with Crippen LogP contribution in [0.3, 0.4) is 0 Å². The summed E-state index contributed by atoms with van der Waals surface area (Å²) in [6, 6.07) is 18.1. The molecule has 0 aliphatic heterocycles. The van der Waals surface area contributed by atoms with Crippen molar-refractivity contribution in [3.05, 3.63) is 93.0 Å². The van der Waals surface area contributed by atoms with Gasteiger partial charge in [0.15, 0.2) is 6.61 Å². The zero-order valence-corrected chi connectivity index (χ0v) is 20.8. The molecule has 0 heterocycles. The van der Waals surface area contributed by atoms with Gasteiger partial charge in [-0.25, -0.2) is 0 Å². The molecule has 3 aromatic rings. The third-order valence-corrected chi connectivity index (χ3v) is 5.79. The summed E-state index contributed by atoms with van der Waals surface area (Å²) in [6.07, 6.45) is 1.45. The number of amides is 2. The number of nitrogens with zero attached hydrogens (tertiary/aromatic N) is 1. The smallest absolute Gasteiger partial charge is 0.266 e. The number of halogens is 1. The molecule has 35 heavy (non-hydrogen) atoms. The van der Waals surface area contributed by atoms with Crippen molar-refractivity contribution in [1.29, 1.82) is 5.26 Å². The molecule has 0 aromatic heterocycles. The summed E-state index contributed by atoms with van der Waals surface area (Å²) in [5.74, 6) is -0.509. The van der Waals surface area contributed by atoms with Crippen molar-refractivity contribution in [1.82, 2.24) is 0 Å². The van der Waals surface area contributed by atoms with Crippen LogP contribution in [0.2, 0.25) is 5.02 Å². The number of rotatable bonds is 7. The molecule has 2 amide bonds. The first kappa shape index (κ1) is 25.5. The topological polar surface area (TPSA) is 91.2 Å². The molecular formula is C28H26ClN3O3. The largest absolute Gasteiger partial charge is 0.482 e. The number of carbonyl (C=O) groups is 2. The molecular weight excluding hydrogens is 462 g/mol. The van der Waals surface area contributed by atoms with Crippen molar-refractivity contribution >= 4 is 40.9 Å². The number of hydrogen-bond donors (Lipinski definition) is 2. The molecule has 3 aromatic carbocycles. The number of carbonyl (C=O) groups excluding carboxylic acids is 2. The van der Waals surface area contributed by atoms with Crippen LogP contribution in [0.25, 0.3) is 6.08 Å². The summed E-state index contributed by atoms with van der Waals surface area (Å²) in [5, 5.41) is 15.3. The molecule has 7 heteroatoms. The zero-order chi connectivity index (χ0) is 25.5. The van der Waals surface area contributed by atoms with Gasteiger partial charge in [0.1, 0.15) is 17.4 Å². The van der Waals surface area contributed by atoms with E-state index in [1.54, 1.807) is 24.3 Å². The highest BCUT2D eigenvalue weighted by Gasteiger charge is 2.13. The van der Waals surface area contributed by atoms with Crippen LogP contribution in [0.1, 0.15) is 27.8 Å². The quantitative estimate of drug-likeness (QED) is 0.309. The van der Waals surface area contributed by atoms with Crippen LogP contribution in [-0.4, -0.2) is 18.4 Å². The van der Waals surface area contributed by atoms with Gasteiger partial charge in [0.05, 0.1) is 5.02 Å². The SMILES string of the molecule is Cc1ccc(NC(=O)/C(C#N)=C/c2ccc(OCC(=O)Nc3cccc(C)c3C)c(Cl)c2)c(C)c1. The number of benzene rings is 3. The highest BCUT2D eigenvalue weighted by molar-refractivity contribution is 6.32. The number of nitrogens with one attached hydrogen (secondary N) is 2. The van der Waals surface area contributed by atoms with Crippen LogP contribution < -0.4 is 15.4 Å². The van der Waals surface area contributed by atoms with E-state index in [1.807, 2.05) is 64.1 Å². The number of ether oxygens (including phenoxy) is 1. The van der Waals surface area contributed by atoms with Crippen molar-refractivity contribution in [2.24, 2.45) is 0 Å². The van der Waals surface area contributed by atoms with E-state index >= 15 is 0 Å². The summed E-state index contributed by atoms with van der Waals surface area (Å²) in [4.78, 5) is 24.9. The number of aryl methyl sites for hydroxylation is 3. The first-order valence-corrected chi connectivity index (χ1v) is 11.3. The molecule has 3 rings (SSSR count). The van der Waals surface area contributed by atoms with E-state index in [0.717, 1.165) is 27.9 Å². The molecule has 0 aliphatic carbocycles. The number of nitriles is 1. The molecule has 0 saturated carbocycles. The van der Waals surface area contributed by atoms with Gasteiger partial charge in [0.2, 0.25) is 0 Å². The molecule has 0 spiro atoms. The Morgan fingerprint density at radius 3 is 2.43 bits per heavy atom. The predicted molar refractivity (Wildman–Crippen MR) is 140 cm³/mol. The van der Waals surface area contributed by atoms with Crippen LogP contribution in [0.4, 0.5) is 11.4 Å². The fourth-order valence-electron chi connectivity index (χ4n) is 3.40. The molecule has 0 fully saturated rings. The van der Waals surface area contributed by atoms with Crippen LogP contribution in [-0.2, 0) is 9.59 Å². The molecule has 2 N–H and O–H groups in total. The monoisotopic (exact) mass is 487 g/mol. The summed E-state index contributed by atoms with van der Waals surface area (Å²) in [5.41, 5.74) is 5.91. The van der Waals surface area contributed by atoms with Gasteiger partial charge in [-0.05, 0) is 80.3 Å². The van der Waals surface area contributed by atoms with Crippen LogP contribution in [0, 0.1) is 39.0 Å². The number of anilines is 2. The molecule has 6 nitrogen and oxygen atoms in total. The summed E-state index contributed by atoms with van der Waals surface area (Å²) < 4.78 is 5.57. The Kier molecular flexibility index (Phi) is 8.30. The van der Waals surface area contributed by atoms with Gasteiger partial charge in [0, 0.05) is 11.4 Å². The second-order valence-corrected chi connectivity index (χ2v) is 8.62. The lowest BCUT2D eigenvalue weighted by Gasteiger charge is -2.12. The Morgan fingerprint density at radius 1 is 0.971 bits per heavy atom. The normalized spacial score (nSPS) is 10.9. The third kappa shape index (κ3) is 6.72. The van der Waals surface area contributed by atoms with Crippen LogP contribution in [0.5, 0.6) is 5.75 Å². The van der Waals surface area contributed by atoms with E-state index in [4.69, 9.17) is 16.3 Å². The fraction of sp³-hybridized carbons (Fsp3) is 0.179. The Balaban J connectivity index is 1.66. The molecule has 0 bridgehead atoms. The van der Waals surface area contributed by atoms with Crippen molar-refractivity contribution in [3.63, 3.8) is 0 Å². The van der Waals surface area contributed by atoms with E-state index in [9.17, 15) is 14.9 Å². The Morgan fingerprint density at radius 2 is 1.74 bits per heavy atom. The summed E-state index contributed by atoms with van der Waals surface area (Å²) >= 11 is 6.32. The van der Waals surface area contributed by atoms with E-state index in [-0.39, 0.29) is 23.1 Å². The lowest BCUT2D eigenvalue weighted by molar-refractivity contribution is -0.118. The second kappa shape index (κ2) is 11.4. The molecule has 0 unspecified atom stereocenters. The molecule has 0 saturated heterocycles. The fourth-order valence-corrected chi connectivity index (χ4v) is 3.64. The molecule has 0 atom stereocenters. The predicted octanol–water partition coefficient (Wildman–Crippen LogP) is 6.14. The van der Waals surface area contributed by atoms with Gasteiger partial charge in [0.25, 0.3) is 11.8 Å². The Hall–Kier alpha value is -4.08. The maximum Gasteiger partial charge on any atom is 0.266 e. The van der Waals surface area contributed by atoms with Crippen LogP contribution in [0.15, 0.2) is 60.2 Å². The molecule has 0 radical (unpaired) electrons. The third-order valence-electron chi connectivity index (χ3n) is 5.50. The van der Waals surface area contributed by atoms with Gasteiger partial charge in [-0.15, -0.1) is 0 Å². The van der Waals surface area contributed by atoms with Crippen molar-refractivity contribution < 1.29 is 14.3 Å². The second-order valence-electron chi connectivity index (χ2n) is 8.22. The van der Waals surface area contributed by atoms with Crippen molar-refractivity contribution in [2.45, 2.75) is 27.7 Å². The van der Waals surface area contributed by atoms with Gasteiger partial charge in [-0.3, -0.25) is 9.59 Å². The van der Waals surface area contributed by atoms with Crippen molar-refractivity contribution in [2.75, 3.05) is 17.2 Å². The van der Waals surface area contributed by atoms with Gasteiger partial charge >= 0.3 is 0 Å². The average molecular weight is 488 g/mol. The highest BCUT2D eigenvalue weighted by atomic mass is 35.5. The van der Waals surface area contributed by atoms with Crippen molar-refractivity contribution in [3.8, 4) is 11.8 Å². The minimum absolute atomic E-state index is 0.0670. The zero-order valence-electron chi connectivity index (χ0n) is 20.0. The van der Waals surface area contributed by atoms with E-state index < -0.39 is 5.91 Å². The molecule has 178 valence electrons. The van der Waals surface area contributed by atoms with Crippen LogP contribution >= 0.6 is 11.6 Å². The maximum atomic E-state index is 12.6. The first-order valence-electron chi connectivity index (χ1n) is 11.0. The lowest BCUT2D eigenvalue weighted by atomic mass is 10.1. The average Bonchev–Trinajstić information content (AvgIpc) is 2.81.